The van der Waals surface area contributed by atoms with Gasteiger partial charge in [0, 0.05) is 13.0 Å². The molecule has 1 aromatic rings. The van der Waals surface area contributed by atoms with Crippen LogP contribution in [0.2, 0.25) is 0 Å². The van der Waals surface area contributed by atoms with Gasteiger partial charge < -0.3 is 5.32 Å². The topological polar surface area (TPSA) is 49.4 Å². The van der Waals surface area contributed by atoms with Gasteiger partial charge >= 0.3 is 6.03 Å². The van der Waals surface area contributed by atoms with Crippen molar-refractivity contribution in [1.82, 2.24) is 10.2 Å². The van der Waals surface area contributed by atoms with Gasteiger partial charge in [-0.15, -0.1) is 0 Å². The lowest BCUT2D eigenvalue weighted by Crippen LogP contribution is -2.40. The highest BCUT2D eigenvalue weighted by Crippen LogP contribution is 2.13. The molecule has 90 valence electrons. The van der Waals surface area contributed by atoms with Crippen molar-refractivity contribution in [2.24, 2.45) is 5.92 Å². The molecule has 1 aliphatic heterocycles. The molecular weight excluding hydrogens is 216 g/mol. The molecule has 0 radical (unpaired) electrons. The Bertz CT molecular complexity index is 417. The maximum atomic E-state index is 11.9. The molecule has 0 saturated carbocycles. The second kappa shape index (κ2) is 4.99. The lowest BCUT2D eigenvalue weighted by atomic mass is 10.1. The zero-order valence-electron chi connectivity index (χ0n) is 9.85. The number of nitrogens with zero attached hydrogens (tertiary/aromatic N) is 1. The number of amides is 3. The molecule has 3 amide bonds. The molecule has 0 spiro atoms. The summed E-state index contributed by atoms with van der Waals surface area (Å²) in [5.74, 6) is 0.101. The number of carbonyl (C=O) groups is 2. The predicted molar refractivity (Wildman–Crippen MR) is 64.2 cm³/mol. The first-order chi connectivity index (χ1) is 8.16. The summed E-state index contributed by atoms with van der Waals surface area (Å²) in [5, 5.41) is 2.76. The number of benzene rings is 1. The molecule has 4 nitrogen and oxygen atoms in total. The third-order valence-corrected chi connectivity index (χ3v) is 2.85. The zero-order valence-corrected chi connectivity index (χ0v) is 9.85. The van der Waals surface area contributed by atoms with Crippen LogP contribution in [0.4, 0.5) is 4.79 Å². The Kier molecular flexibility index (Phi) is 3.42. The van der Waals surface area contributed by atoms with Gasteiger partial charge in [-0.3, -0.25) is 9.69 Å². The van der Waals surface area contributed by atoms with Crippen LogP contribution in [0.3, 0.4) is 0 Å². The van der Waals surface area contributed by atoms with Gasteiger partial charge in [-0.25, -0.2) is 4.79 Å². The van der Waals surface area contributed by atoms with Crippen LogP contribution in [-0.4, -0.2) is 23.4 Å². The average molecular weight is 232 g/mol. The maximum Gasteiger partial charge on any atom is 0.324 e. The van der Waals surface area contributed by atoms with Crippen LogP contribution >= 0.6 is 0 Å². The van der Waals surface area contributed by atoms with Gasteiger partial charge in [0.25, 0.3) is 0 Å². The van der Waals surface area contributed by atoms with Crippen molar-refractivity contribution in [2.75, 3.05) is 6.54 Å². The Morgan fingerprint density at radius 1 is 1.29 bits per heavy atom. The molecule has 0 aromatic heterocycles. The third-order valence-electron chi connectivity index (χ3n) is 2.85. The first kappa shape index (κ1) is 11.6. The summed E-state index contributed by atoms with van der Waals surface area (Å²) >= 11 is 0. The average Bonchev–Trinajstić information content (AvgIpc) is 2.44. The Balaban J connectivity index is 2.13. The van der Waals surface area contributed by atoms with E-state index in [1.807, 2.05) is 37.3 Å². The summed E-state index contributed by atoms with van der Waals surface area (Å²) in [7, 11) is 0. The van der Waals surface area contributed by atoms with Crippen molar-refractivity contribution in [2.45, 2.75) is 19.9 Å². The van der Waals surface area contributed by atoms with Crippen LogP contribution in [0.15, 0.2) is 30.3 Å². The van der Waals surface area contributed by atoms with Gasteiger partial charge in [0.15, 0.2) is 0 Å². The Hall–Kier alpha value is -1.84. The van der Waals surface area contributed by atoms with Gasteiger partial charge in [-0.2, -0.15) is 0 Å². The number of rotatable bonds is 2. The monoisotopic (exact) mass is 232 g/mol. The second-order valence-corrected chi connectivity index (χ2v) is 4.46. The van der Waals surface area contributed by atoms with Gasteiger partial charge in [0.2, 0.25) is 5.91 Å². The summed E-state index contributed by atoms with van der Waals surface area (Å²) in [6.45, 7) is 2.87. The molecule has 1 aliphatic rings. The normalized spacial score (nSPS) is 21.0. The van der Waals surface area contributed by atoms with Crippen LogP contribution in [0.5, 0.6) is 0 Å². The lowest BCUT2D eigenvalue weighted by Gasteiger charge is -2.18. The third kappa shape index (κ3) is 2.84. The molecular formula is C13H16N2O2. The van der Waals surface area contributed by atoms with E-state index in [1.165, 1.54) is 4.90 Å². The molecule has 17 heavy (non-hydrogen) atoms. The second-order valence-electron chi connectivity index (χ2n) is 4.46. The van der Waals surface area contributed by atoms with Crippen molar-refractivity contribution in [3.63, 3.8) is 0 Å². The molecule has 1 heterocycles. The number of nitrogens with one attached hydrogen (secondary N) is 1. The smallest absolute Gasteiger partial charge is 0.324 e. The van der Waals surface area contributed by atoms with Crippen LogP contribution < -0.4 is 5.32 Å². The fourth-order valence-electron chi connectivity index (χ4n) is 1.88. The highest BCUT2D eigenvalue weighted by Gasteiger charge is 2.26. The standard InChI is InChI=1S/C13H16N2O2/c1-10-7-12(16)15(13(17)14-8-10)9-11-5-3-2-4-6-11/h2-6,10H,7-9H2,1H3,(H,14,17). The lowest BCUT2D eigenvalue weighted by molar-refractivity contribution is -0.129. The number of urea groups is 1. The van der Waals surface area contributed by atoms with Crippen LogP contribution in [0, 0.1) is 5.92 Å². The largest absolute Gasteiger partial charge is 0.337 e. The van der Waals surface area contributed by atoms with E-state index >= 15 is 0 Å². The first-order valence-electron chi connectivity index (χ1n) is 5.79. The van der Waals surface area contributed by atoms with E-state index in [-0.39, 0.29) is 17.9 Å². The summed E-state index contributed by atoms with van der Waals surface area (Å²) in [5.41, 5.74) is 0.963. The molecule has 4 heteroatoms. The van der Waals surface area contributed by atoms with Gasteiger partial charge in [-0.05, 0) is 11.5 Å². The molecule has 1 fully saturated rings. The van der Waals surface area contributed by atoms with E-state index in [1.54, 1.807) is 0 Å². The summed E-state index contributed by atoms with van der Waals surface area (Å²) < 4.78 is 0. The molecule has 1 atom stereocenters. The van der Waals surface area contributed by atoms with Crippen molar-refractivity contribution >= 4 is 11.9 Å². The minimum Gasteiger partial charge on any atom is -0.337 e. The quantitative estimate of drug-likeness (QED) is 0.844. The molecule has 2 rings (SSSR count). The number of carbonyl (C=O) groups excluding carboxylic acids is 2. The maximum absolute atomic E-state index is 11.9. The van der Waals surface area contributed by atoms with Crippen LogP contribution in [0.1, 0.15) is 18.9 Å². The van der Waals surface area contributed by atoms with E-state index < -0.39 is 0 Å². The zero-order chi connectivity index (χ0) is 12.3. The summed E-state index contributed by atoms with van der Waals surface area (Å²) in [6.07, 6.45) is 0.422. The van der Waals surface area contributed by atoms with E-state index in [9.17, 15) is 9.59 Å². The van der Waals surface area contributed by atoms with E-state index in [4.69, 9.17) is 0 Å². The van der Waals surface area contributed by atoms with Crippen LogP contribution in [0.25, 0.3) is 0 Å². The molecule has 1 unspecified atom stereocenters. The molecule has 1 saturated heterocycles. The number of hydrogen-bond donors (Lipinski definition) is 1. The van der Waals surface area contributed by atoms with Gasteiger partial charge in [0.05, 0.1) is 6.54 Å². The van der Waals surface area contributed by atoms with Crippen molar-refractivity contribution < 1.29 is 9.59 Å². The minimum atomic E-state index is -0.289. The Labute approximate surface area is 101 Å². The van der Waals surface area contributed by atoms with Gasteiger partial charge in [-0.1, -0.05) is 37.3 Å². The van der Waals surface area contributed by atoms with Crippen molar-refractivity contribution in [3.05, 3.63) is 35.9 Å². The molecule has 0 aliphatic carbocycles. The van der Waals surface area contributed by atoms with Crippen LogP contribution in [-0.2, 0) is 11.3 Å². The minimum absolute atomic E-state index is 0.101. The van der Waals surface area contributed by atoms with Gasteiger partial charge in [0.1, 0.15) is 0 Å². The fourth-order valence-corrected chi connectivity index (χ4v) is 1.88. The number of imide groups is 1. The Morgan fingerprint density at radius 3 is 2.71 bits per heavy atom. The Morgan fingerprint density at radius 2 is 2.00 bits per heavy atom. The first-order valence-corrected chi connectivity index (χ1v) is 5.79. The van der Waals surface area contributed by atoms with Crippen molar-refractivity contribution in [3.8, 4) is 0 Å². The molecule has 1 N–H and O–H groups in total. The summed E-state index contributed by atoms with van der Waals surface area (Å²) in [4.78, 5) is 25.0. The highest BCUT2D eigenvalue weighted by atomic mass is 16.2. The predicted octanol–water partition coefficient (Wildman–Crippen LogP) is 1.76. The van der Waals surface area contributed by atoms with E-state index in [0.29, 0.717) is 19.5 Å². The number of hydrogen-bond acceptors (Lipinski definition) is 2. The fraction of sp³-hybridized carbons (Fsp3) is 0.385. The molecule has 0 bridgehead atoms. The van der Waals surface area contributed by atoms with E-state index in [2.05, 4.69) is 5.32 Å². The SMILES string of the molecule is CC1CNC(=O)N(Cc2ccccc2)C(=O)C1. The van der Waals surface area contributed by atoms with E-state index in [0.717, 1.165) is 5.56 Å². The highest BCUT2D eigenvalue weighted by molar-refractivity contribution is 5.95. The van der Waals surface area contributed by atoms with Crippen molar-refractivity contribution in [1.29, 1.82) is 0 Å². The molecule has 1 aromatic carbocycles. The summed E-state index contributed by atoms with van der Waals surface area (Å²) in [6, 6.07) is 9.25.